The number of methoxy groups -OCH3 is 2. The second kappa shape index (κ2) is 7.47. The van der Waals surface area contributed by atoms with Gasteiger partial charge in [0.15, 0.2) is 5.82 Å². The monoisotopic (exact) mass is 293 g/mol. The normalized spacial score (nSPS) is 17.1. The summed E-state index contributed by atoms with van der Waals surface area (Å²) < 4.78 is 10.2. The first-order chi connectivity index (χ1) is 10.2. The van der Waals surface area contributed by atoms with Crippen molar-refractivity contribution in [3.8, 4) is 0 Å². The number of hydrogen-bond donors (Lipinski definition) is 1. The average Bonchev–Trinajstić information content (AvgIpc) is 3.03. The molecule has 0 saturated heterocycles. The summed E-state index contributed by atoms with van der Waals surface area (Å²) in [6, 6.07) is 0. The van der Waals surface area contributed by atoms with Gasteiger partial charge in [0.2, 0.25) is 12.2 Å². The molecule has 1 aromatic heterocycles. The highest BCUT2D eigenvalue weighted by atomic mass is 16.7. The molecule has 1 fully saturated rings. The Kier molecular flexibility index (Phi) is 5.64. The third-order valence-electron chi connectivity index (χ3n) is 4.11. The van der Waals surface area contributed by atoms with Crippen molar-refractivity contribution in [2.45, 2.75) is 38.9 Å². The van der Waals surface area contributed by atoms with Crippen LogP contribution in [0, 0.1) is 11.8 Å². The lowest BCUT2D eigenvalue weighted by Gasteiger charge is -2.18. The molecule has 1 aliphatic rings. The Morgan fingerprint density at radius 3 is 2.43 bits per heavy atom. The van der Waals surface area contributed by atoms with Crippen LogP contribution in [0.5, 0.6) is 0 Å². The van der Waals surface area contributed by atoms with Crippen LogP contribution in [0.15, 0.2) is 12.4 Å². The summed E-state index contributed by atoms with van der Waals surface area (Å²) in [7, 11) is 3.07. The fourth-order valence-corrected chi connectivity index (χ4v) is 2.77. The van der Waals surface area contributed by atoms with Crippen molar-refractivity contribution in [3.63, 3.8) is 0 Å². The molecule has 6 nitrogen and oxygen atoms in total. The van der Waals surface area contributed by atoms with Crippen molar-refractivity contribution in [1.29, 1.82) is 0 Å². The van der Waals surface area contributed by atoms with Gasteiger partial charge in [-0.25, -0.2) is 4.98 Å². The molecule has 0 bridgehead atoms. The molecule has 2 rings (SSSR count). The van der Waals surface area contributed by atoms with E-state index >= 15 is 0 Å². The van der Waals surface area contributed by atoms with Crippen molar-refractivity contribution < 1.29 is 14.3 Å². The van der Waals surface area contributed by atoms with Crippen LogP contribution in [0.1, 0.15) is 44.6 Å². The van der Waals surface area contributed by atoms with Gasteiger partial charge in [-0.2, -0.15) is 0 Å². The first-order valence-electron chi connectivity index (χ1n) is 7.34. The van der Waals surface area contributed by atoms with Gasteiger partial charge in [-0.05, 0) is 18.8 Å². The first-order valence-corrected chi connectivity index (χ1v) is 7.34. The minimum atomic E-state index is -0.542. The van der Waals surface area contributed by atoms with E-state index in [9.17, 15) is 4.79 Å². The zero-order valence-corrected chi connectivity index (χ0v) is 12.8. The molecule has 1 aromatic rings. The Morgan fingerprint density at radius 2 is 1.90 bits per heavy atom. The molecule has 116 valence electrons. The van der Waals surface area contributed by atoms with E-state index in [0.29, 0.717) is 17.4 Å². The van der Waals surface area contributed by atoms with Crippen LogP contribution >= 0.6 is 0 Å². The number of ether oxygens (including phenoxy) is 2. The van der Waals surface area contributed by atoms with E-state index < -0.39 is 6.29 Å². The van der Waals surface area contributed by atoms with Gasteiger partial charge in [0.1, 0.15) is 5.69 Å². The molecular formula is C15H23N3O3. The number of aromatic nitrogens is 2. The second-order valence-electron chi connectivity index (χ2n) is 5.45. The topological polar surface area (TPSA) is 73.3 Å². The highest BCUT2D eigenvalue weighted by molar-refractivity contribution is 5.91. The third-order valence-corrected chi connectivity index (χ3v) is 4.11. The Morgan fingerprint density at radius 1 is 1.24 bits per heavy atom. The predicted molar refractivity (Wildman–Crippen MR) is 78.5 cm³/mol. The van der Waals surface area contributed by atoms with Gasteiger partial charge in [0.05, 0.1) is 12.4 Å². The molecule has 0 aliphatic heterocycles. The maximum absolute atomic E-state index is 12.2. The van der Waals surface area contributed by atoms with E-state index in [1.54, 1.807) is 6.20 Å². The van der Waals surface area contributed by atoms with Gasteiger partial charge >= 0.3 is 0 Å². The molecule has 1 saturated carbocycles. The highest BCUT2D eigenvalue weighted by Crippen LogP contribution is 2.31. The lowest BCUT2D eigenvalue weighted by atomic mass is 9.92. The number of amides is 1. The Bertz CT molecular complexity index is 454. The molecule has 21 heavy (non-hydrogen) atoms. The molecule has 0 aromatic carbocycles. The molecule has 0 spiro atoms. The quantitative estimate of drug-likeness (QED) is 0.816. The maximum atomic E-state index is 12.2. The molecule has 6 heteroatoms. The number of rotatable bonds is 6. The Labute approximate surface area is 125 Å². The van der Waals surface area contributed by atoms with Crippen LogP contribution in [0.25, 0.3) is 0 Å². The van der Waals surface area contributed by atoms with E-state index in [1.165, 1.54) is 33.3 Å². The fraction of sp³-hybridized carbons (Fsp3) is 0.667. The molecule has 1 amide bonds. The molecule has 1 N–H and O–H groups in total. The van der Waals surface area contributed by atoms with Crippen LogP contribution in [0.4, 0.5) is 5.82 Å². The van der Waals surface area contributed by atoms with Gasteiger partial charge in [-0.15, -0.1) is 0 Å². The maximum Gasteiger partial charge on any atom is 0.228 e. The standard InChI is InChI=1S/C15H23N3O3/c1-10(11-6-4-5-7-11)14(19)18-13-9-16-12(8-17-13)15(20-2)21-3/h8-11,15H,4-7H2,1-3H3,(H,17,18,19). The summed E-state index contributed by atoms with van der Waals surface area (Å²) in [4.78, 5) is 20.6. The minimum absolute atomic E-state index is 0.0129. The summed E-state index contributed by atoms with van der Waals surface area (Å²) in [6.07, 6.45) is 7.27. The fourth-order valence-electron chi connectivity index (χ4n) is 2.77. The Balaban J connectivity index is 1.94. The van der Waals surface area contributed by atoms with Gasteiger partial charge in [0.25, 0.3) is 0 Å². The SMILES string of the molecule is COC(OC)c1cnc(NC(=O)C(C)C2CCCC2)cn1. The summed E-state index contributed by atoms with van der Waals surface area (Å²) in [5.41, 5.74) is 0.571. The number of nitrogens with zero attached hydrogens (tertiary/aromatic N) is 2. The van der Waals surface area contributed by atoms with Crippen LogP contribution in [0.3, 0.4) is 0 Å². The average molecular weight is 293 g/mol. The van der Waals surface area contributed by atoms with E-state index in [1.807, 2.05) is 6.92 Å². The lowest BCUT2D eigenvalue weighted by molar-refractivity contribution is -0.120. The smallest absolute Gasteiger partial charge is 0.228 e. The van der Waals surface area contributed by atoms with Crippen molar-refractivity contribution in [1.82, 2.24) is 9.97 Å². The van der Waals surface area contributed by atoms with Crippen LogP contribution in [0.2, 0.25) is 0 Å². The largest absolute Gasteiger partial charge is 0.350 e. The predicted octanol–water partition coefficient (Wildman–Crippen LogP) is 2.53. The van der Waals surface area contributed by atoms with Crippen molar-refractivity contribution >= 4 is 11.7 Å². The van der Waals surface area contributed by atoms with Gasteiger partial charge in [-0.1, -0.05) is 19.8 Å². The van der Waals surface area contributed by atoms with E-state index in [2.05, 4.69) is 15.3 Å². The number of carbonyl (C=O) groups is 1. The van der Waals surface area contributed by atoms with Gasteiger partial charge in [-0.3, -0.25) is 9.78 Å². The lowest BCUT2D eigenvalue weighted by Crippen LogP contribution is -2.26. The molecule has 1 unspecified atom stereocenters. The Hall–Kier alpha value is -1.53. The zero-order chi connectivity index (χ0) is 15.2. The second-order valence-corrected chi connectivity index (χ2v) is 5.45. The number of hydrogen-bond acceptors (Lipinski definition) is 5. The zero-order valence-electron chi connectivity index (χ0n) is 12.8. The number of carbonyl (C=O) groups excluding carboxylic acids is 1. The molecule has 1 atom stereocenters. The minimum Gasteiger partial charge on any atom is -0.350 e. The van der Waals surface area contributed by atoms with Crippen molar-refractivity contribution in [3.05, 3.63) is 18.1 Å². The molecule has 1 aliphatic carbocycles. The third kappa shape index (κ3) is 3.98. The molecular weight excluding hydrogens is 270 g/mol. The van der Waals surface area contributed by atoms with Crippen LogP contribution in [-0.4, -0.2) is 30.1 Å². The van der Waals surface area contributed by atoms with E-state index in [4.69, 9.17) is 9.47 Å². The summed E-state index contributed by atoms with van der Waals surface area (Å²) in [6.45, 7) is 1.99. The van der Waals surface area contributed by atoms with Crippen LogP contribution in [-0.2, 0) is 14.3 Å². The van der Waals surface area contributed by atoms with Crippen molar-refractivity contribution in [2.75, 3.05) is 19.5 Å². The summed E-state index contributed by atoms with van der Waals surface area (Å²) in [5.74, 6) is 0.974. The van der Waals surface area contributed by atoms with Crippen LogP contribution < -0.4 is 5.32 Å². The van der Waals surface area contributed by atoms with E-state index in [-0.39, 0.29) is 11.8 Å². The van der Waals surface area contributed by atoms with Crippen molar-refractivity contribution in [2.24, 2.45) is 11.8 Å². The molecule has 0 radical (unpaired) electrons. The molecule has 1 heterocycles. The van der Waals surface area contributed by atoms with E-state index in [0.717, 1.165) is 12.8 Å². The van der Waals surface area contributed by atoms with Gasteiger partial charge in [0, 0.05) is 20.1 Å². The number of anilines is 1. The summed E-state index contributed by atoms with van der Waals surface area (Å²) >= 11 is 0. The highest BCUT2D eigenvalue weighted by Gasteiger charge is 2.27. The first kappa shape index (κ1) is 15.9. The summed E-state index contributed by atoms with van der Waals surface area (Å²) in [5, 5.41) is 2.83. The number of nitrogens with one attached hydrogen (secondary N) is 1. The van der Waals surface area contributed by atoms with Gasteiger partial charge < -0.3 is 14.8 Å².